The molecule has 20 heavy (non-hydrogen) atoms. The summed E-state index contributed by atoms with van der Waals surface area (Å²) in [6, 6.07) is -1.31. The molecule has 0 saturated carbocycles. The fourth-order valence-electron chi connectivity index (χ4n) is 1.35. The summed E-state index contributed by atoms with van der Waals surface area (Å²) in [4.78, 5) is 43.9. The summed E-state index contributed by atoms with van der Waals surface area (Å²) in [5.74, 6) is -2.14. The highest BCUT2D eigenvalue weighted by Crippen LogP contribution is 1.98. The molecule has 0 radical (unpaired) electrons. The van der Waals surface area contributed by atoms with Crippen molar-refractivity contribution in [1.29, 1.82) is 0 Å². The van der Waals surface area contributed by atoms with Crippen LogP contribution in [0.25, 0.3) is 0 Å². The average Bonchev–Trinajstić information content (AvgIpc) is 2.32. The molecule has 114 valence electrons. The highest BCUT2D eigenvalue weighted by atomic mass is 16.2. The van der Waals surface area contributed by atoms with Crippen LogP contribution >= 0.6 is 0 Å². The number of nitrogens with two attached hydrogens (primary N) is 3. The molecule has 0 heterocycles. The number of hydrogen-bond donors (Lipinski definition) is 5. The van der Waals surface area contributed by atoms with E-state index in [1.807, 2.05) is 0 Å². The van der Waals surface area contributed by atoms with Crippen LogP contribution in [0.3, 0.4) is 0 Å². The quantitative estimate of drug-likeness (QED) is 0.305. The zero-order valence-electron chi connectivity index (χ0n) is 11.3. The summed E-state index contributed by atoms with van der Waals surface area (Å²) < 4.78 is 0. The van der Waals surface area contributed by atoms with E-state index >= 15 is 0 Å². The average molecular weight is 287 g/mol. The molecule has 0 aromatic heterocycles. The van der Waals surface area contributed by atoms with Gasteiger partial charge in [-0.3, -0.25) is 19.2 Å². The number of hydrogen-bond acceptors (Lipinski definition) is 5. The minimum absolute atomic E-state index is 0.125. The normalized spacial score (nSPS) is 13.1. The van der Waals surface area contributed by atoms with E-state index < -0.39 is 23.8 Å². The molecule has 0 aromatic rings. The van der Waals surface area contributed by atoms with Gasteiger partial charge in [-0.25, -0.2) is 0 Å². The third-order valence-corrected chi connectivity index (χ3v) is 2.41. The maximum Gasteiger partial charge on any atom is 0.237 e. The Hall–Kier alpha value is -2.16. The lowest BCUT2D eigenvalue weighted by atomic mass is 10.1. The first-order chi connectivity index (χ1) is 9.22. The highest BCUT2D eigenvalue weighted by Gasteiger charge is 2.18. The van der Waals surface area contributed by atoms with Crippen LogP contribution in [0.5, 0.6) is 0 Å². The van der Waals surface area contributed by atoms with Crippen LogP contribution in [-0.2, 0) is 19.2 Å². The first-order valence-corrected chi connectivity index (χ1v) is 6.11. The second kappa shape index (κ2) is 8.86. The summed E-state index contributed by atoms with van der Waals surface area (Å²) >= 11 is 0. The van der Waals surface area contributed by atoms with Gasteiger partial charge in [-0.2, -0.15) is 0 Å². The fraction of sp³-hybridized carbons (Fsp3) is 0.636. The second-order valence-corrected chi connectivity index (χ2v) is 4.47. The molecule has 0 aliphatic rings. The zero-order valence-corrected chi connectivity index (χ0v) is 11.3. The molecular weight excluding hydrogens is 266 g/mol. The molecule has 0 aliphatic carbocycles. The molecule has 0 spiro atoms. The lowest BCUT2D eigenvalue weighted by molar-refractivity contribution is -0.127. The monoisotopic (exact) mass is 287 g/mol. The van der Waals surface area contributed by atoms with E-state index in [9.17, 15) is 19.2 Å². The van der Waals surface area contributed by atoms with Crippen molar-refractivity contribution in [2.75, 3.05) is 6.54 Å². The van der Waals surface area contributed by atoms with Crippen molar-refractivity contribution in [3.63, 3.8) is 0 Å². The third kappa shape index (κ3) is 8.86. The Morgan fingerprint density at radius 1 is 1.10 bits per heavy atom. The van der Waals surface area contributed by atoms with Gasteiger partial charge in [-0.05, 0) is 13.3 Å². The Bertz CT molecular complexity index is 385. The van der Waals surface area contributed by atoms with Gasteiger partial charge < -0.3 is 27.8 Å². The maximum absolute atomic E-state index is 11.5. The number of nitrogens with one attached hydrogen (secondary N) is 2. The van der Waals surface area contributed by atoms with Crippen LogP contribution in [0.1, 0.15) is 26.2 Å². The maximum atomic E-state index is 11.5. The van der Waals surface area contributed by atoms with E-state index in [1.54, 1.807) is 6.92 Å². The topological polar surface area (TPSA) is 170 Å². The number of carbonyl (C=O) groups is 4. The molecule has 0 aromatic carbocycles. The van der Waals surface area contributed by atoms with Gasteiger partial charge in [-0.15, -0.1) is 0 Å². The van der Waals surface area contributed by atoms with Crippen molar-refractivity contribution >= 4 is 23.6 Å². The molecule has 9 nitrogen and oxygen atoms in total. The van der Waals surface area contributed by atoms with Crippen molar-refractivity contribution in [3.8, 4) is 0 Å². The molecule has 4 amide bonds. The minimum Gasteiger partial charge on any atom is -0.370 e. The molecule has 2 atom stereocenters. The number of amides is 4. The predicted octanol–water partition coefficient (Wildman–Crippen LogP) is -2.92. The number of primary amides is 2. The summed E-state index contributed by atoms with van der Waals surface area (Å²) in [6.07, 6.45) is 0.247. The molecule has 0 saturated heterocycles. The number of carbonyl (C=O) groups excluding carboxylic acids is 4. The van der Waals surface area contributed by atoms with Gasteiger partial charge in [0, 0.05) is 12.5 Å². The molecule has 0 unspecified atom stereocenters. The first kappa shape index (κ1) is 17.8. The Morgan fingerprint density at radius 3 is 2.20 bits per heavy atom. The van der Waals surface area contributed by atoms with Crippen molar-refractivity contribution in [2.45, 2.75) is 38.3 Å². The van der Waals surface area contributed by atoms with E-state index in [2.05, 4.69) is 10.6 Å². The lowest BCUT2D eigenvalue weighted by Gasteiger charge is -2.16. The second-order valence-electron chi connectivity index (χ2n) is 4.47. The molecule has 8 N–H and O–H groups in total. The van der Waals surface area contributed by atoms with Crippen molar-refractivity contribution < 1.29 is 19.2 Å². The molecule has 9 heteroatoms. The van der Waals surface area contributed by atoms with E-state index in [0.29, 0.717) is 6.42 Å². The van der Waals surface area contributed by atoms with Crippen LogP contribution in [0.2, 0.25) is 0 Å². The predicted molar refractivity (Wildman–Crippen MR) is 70.8 cm³/mol. The van der Waals surface area contributed by atoms with E-state index in [-0.39, 0.29) is 31.3 Å². The SMILES string of the molecule is C[C@H](CCC(=O)NCC(N)=O)NC(=O)[C@@H](N)CC(N)=O. The lowest BCUT2D eigenvalue weighted by Crippen LogP contribution is -2.46. The molecular formula is C11H21N5O4. The van der Waals surface area contributed by atoms with Crippen molar-refractivity contribution in [3.05, 3.63) is 0 Å². The van der Waals surface area contributed by atoms with Crippen LogP contribution in [0.4, 0.5) is 0 Å². The Kier molecular flexibility index (Phi) is 7.90. The van der Waals surface area contributed by atoms with Gasteiger partial charge in [-0.1, -0.05) is 0 Å². The van der Waals surface area contributed by atoms with Gasteiger partial charge >= 0.3 is 0 Å². The Labute approximate surface area is 116 Å². The molecule has 0 fully saturated rings. The van der Waals surface area contributed by atoms with Crippen LogP contribution in [0.15, 0.2) is 0 Å². The standard InChI is InChI=1S/C11H21N5O4/c1-6(2-3-10(19)15-5-9(14)18)16-11(20)7(12)4-8(13)17/h6-7H,2-5,12H2,1H3,(H2,13,17)(H2,14,18)(H,15,19)(H,16,20)/t6-,7+/m1/s1. The summed E-state index contributed by atoms with van der Waals surface area (Å²) in [5, 5.41) is 4.89. The van der Waals surface area contributed by atoms with E-state index in [0.717, 1.165) is 0 Å². The fourth-order valence-corrected chi connectivity index (χ4v) is 1.35. The van der Waals surface area contributed by atoms with Crippen LogP contribution in [0, 0.1) is 0 Å². The van der Waals surface area contributed by atoms with Gasteiger partial charge in [0.25, 0.3) is 0 Å². The molecule has 0 bridgehead atoms. The van der Waals surface area contributed by atoms with E-state index in [4.69, 9.17) is 17.2 Å². The zero-order chi connectivity index (χ0) is 15.7. The third-order valence-electron chi connectivity index (χ3n) is 2.41. The van der Waals surface area contributed by atoms with Crippen molar-refractivity contribution in [1.82, 2.24) is 10.6 Å². The van der Waals surface area contributed by atoms with Gasteiger partial charge in [0.05, 0.1) is 19.0 Å². The van der Waals surface area contributed by atoms with Gasteiger partial charge in [0.15, 0.2) is 0 Å². The molecule has 0 rings (SSSR count). The Balaban J connectivity index is 3.95. The van der Waals surface area contributed by atoms with E-state index in [1.165, 1.54) is 0 Å². The number of rotatable bonds is 9. The Morgan fingerprint density at radius 2 is 1.70 bits per heavy atom. The van der Waals surface area contributed by atoms with Crippen LogP contribution in [-0.4, -0.2) is 42.3 Å². The molecule has 0 aliphatic heterocycles. The first-order valence-electron chi connectivity index (χ1n) is 6.11. The minimum atomic E-state index is -1.00. The largest absolute Gasteiger partial charge is 0.370 e. The van der Waals surface area contributed by atoms with Crippen molar-refractivity contribution in [2.24, 2.45) is 17.2 Å². The van der Waals surface area contributed by atoms with Gasteiger partial charge in [0.1, 0.15) is 0 Å². The summed E-state index contributed by atoms with van der Waals surface area (Å²) in [5.41, 5.74) is 15.3. The summed E-state index contributed by atoms with van der Waals surface area (Å²) in [6.45, 7) is 1.47. The van der Waals surface area contributed by atoms with Gasteiger partial charge in [0.2, 0.25) is 23.6 Å². The highest BCUT2D eigenvalue weighted by molar-refractivity contribution is 5.87. The smallest absolute Gasteiger partial charge is 0.237 e. The van der Waals surface area contributed by atoms with Crippen LogP contribution < -0.4 is 27.8 Å². The summed E-state index contributed by atoms with van der Waals surface area (Å²) in [7, 11) is 0.